The fraction of sp³-hybridized carbons (Fsp3) is 0.800. The Morgan fingerprint density at radius 3 is 2.57 bits per heavy atom. The minimum Gasteiger partial charge on any atom is -0.356 e. The number of rotatable bonds is 8. The third-order valence-electron chi connectivity index (χ3n) is 3.66. The fourth-order valence-corrected chi connectivity index (χ4v) is 2.22. The van der Waals surface area contributed by atoms with Crippen molar-refractivity contribution in [1.82, 2.24) is 15.5 Å². The van der Waals surface area contributed by atoms with Crippen LogP contribution < -0.4 is 10.6 Å². The molecule has 3 amide bonds. The average molecular weight is 297 g/mol. The smallest absolute Gasteiger partial charge is 0.247 e. The van der Waals surface area contributed by atoms with Crippen molar-refractivity contribution in [2.24, 2.45) is 5.92 Å². The summed E-state index contributed by atoms with van der Waals surface area (Å²) >= 11 is 0. The summed E-state index contributed by atoms with van der Waals surface area (Å²) < 4.78 is 0. The molecule has 2 atom stereocenters. The number of carbonyl (C=O) groups is 3. The lowest BCUT2D eigenvalue weighted by atomic mass is 10.2. The molecule has 1 fully saturated rings. The number of likely N-dealkylation sites (tertiary alicyclic amines) is 1. The van der Waals surface area contributed by atoms with E-state index in [-0.39, 0.29) is 30.2 Å². The normalized spacial score (nSPS) is 20.2. The molecule has 2 unspecified atom stereocenters. The molecule has 0 aromatic carbocycles. The Morgan fingerprint density at radius 1 is 1.33 bits per heavy atom. The first-order chi connectivity index (χ1) is 9.86. The predicted octanol–water partition coefficient (Wildman–Crippen LogP) is 0.664. The number of amides is 3. The van der Waals surface area contributed by atoms with Gasteiger partial charge in [0.05, 0.1) is 12.5 Å². The lowest BCUT2D eigenvalue weighted by molar-refractivity contribution is -0.141. The third kappa shape index (κ3) is 5.12. The first-order valence-electron chi connectivity index (χ1n) is 7.72. The molecule has 0 radical (unpaired) electrons. The molecular weight excluding hydrogens is 270 g/mol. The van der Waals surface area contributed by atoms with Crippen molar-refractivity contribution >= 4 is 17.7 Å². The van der Waals surface area contributed by atoms with Gasteiger partial charge in [-0.2, -0.15) is 0 Å². The van der Waals surface area contributed by atoms with E-state index in [1.54, 1.807) is 0 Å². The Kier molecular flexibility index (Phi) is 6.81. The monoisotopic (exact) mass is 297 g/mol. The topological polar surface area (TPSA) is 78.5 Å². The average Bonchev–Trinajstić information content (AvgIpc) is 2.70. The van der Waals surface area contributed by atoms with Crippen molar-refractivity contribution < 1.29 is 14.4 Å². The highest BCUT2D eigenvalue weighted by molar-refractivity contribution is 6.05. The largest absolute Gasteiger partial charge is 0.356 e. The van der Waals surface area contributed by atoms with Gasteiger partial charge in [0, 0.05) is 25.6 Å². The van der Waals surface area contributed by atoms with Gasteiger partial charge in [-0.3, -0.25) is 19.3 Å². The second kappa shape index (κ2) is 8.12. The highest BCUT2D eigenvalue weighted by Crippen LogP contribution is 2.17. The van der Waals surface area contributed by atoms with Gasteiger partial charge >= 0.3 is 0 Å². The van der Waals surface area contributed by atoms with Crippen LogP contribution in [0.15, 0.2) is 0 Å². The lowest BCUT2D eigenvalue weighted by Crippen LogP contribution is -2.43. The van der Waals surface area contributed by atoms with E-state index in [0.29, 0.717) is 25.4 Å². The molecule has 0 aliphatic carbocycles. The maximum atomic E-state index is 12.1. The lowest BCUT2D eigenvalue weighted by Gasteiger charge is -2.21. The van der Waals surface area contributed by atoms with Gasteiger partial charge in [-0.15, -0.1) is 0 Å². The Hall–Kier alpha value is -1.43. The summed E-state index contributed by atoms with van der Waals surface area (Å²) in [5, 5.41) is 5.84. The molecule has 1 rings (SSSR count). The van der Waals surface area contributed by atoms with E-state index < -0.39 is 6.04 Å². The molecule has 1 aliphatic rings. The zero-order chi connectivity index (χ0) is 16.0. The number of imide groups is 1. The standard InChI is InChI=1S/C15H27N3O3/c1-5-11(4)18-14(20)8-12(15(18)21)16-7-6-13(19)17-9-10(2)3/h10-12,16H,5-9H2,1-4H3,(H,17,19). The molecular formula is C15H27N3O3. The van der Waals surface area contributed by atoms with Crippen LogP contribution in [0, 0.1) is 5.92 Å². The maximum absolute atomic E-state index is 12.1. The van der Waals surface area contributed by atoms with E-state index in [1.807, 2.05) is 27.7 Å². The van der Waals surface area contributed by atoms with Crippen LogP contribution in [0.25, 0.3) is 0 Å². The van der Waals surface area contributed by atoms with E-state index in [4.69, 9.17) is 0 Å². The van der Waals surface area contributed by atoms with E-state index in [9.17, 15) is 14.4 Å². The fourth-order valence-electron chi connectivity index (χ4n) is 2.22. The number of nitrogens with one attached hydrogen (secondary N) is 2. The molecule has 21 heavy (non-hydrogen) atoms. The summed E-state index contributed by atoms with van der Waals surface area (Å²) in [6, 6.07) is -0.546. The summed E-state index contributed by atoms with van der Waals surface area (Å²) in [5.74, 6) is 0.0832. The van der Waals surface area contributed by atoms with Gasteiger partial charge in [0.1, 0.15) is 0 Å². The highest BCUT2D eigenvalue weighted by Gasteiger charge is 2.40. The molecule has 0 saturated carbocycles. The van der Waals surface area contributed by atoms with Crippen LogP contribution in [0.3, 0.4) is 0 Å². The molecule has 1 heterocycles. The Balaban J connectivity index is 2.35. The van der Waals surface area contributed by atoms with Crippen molar-refractivity contribution in [1.29, 1.82) is 0 Å². The first kappa shape index (κ1) is 17.6. The molecule has 6 heteroatoms. The van der Waals surface area contributed by atoms with Crippen LogP contribution in [0.4, 0.5) is 0 Å². The van der Waals surface area contributed by atoms with Crippen molar-refractivity contribution in [3.63, 3.8) is 0 Å². The second-order valence-corrected chi connectivity index (χ2v) is 6.02. The van der Waals surface area contributed by atoms with Crippen molar-refractivity contribution in [2.75, 3.05) is 13.1 Å². The maximum Gasteiger partial charge on any atom is 0.247 e. The van der Waals surface area contributed by atoms with Crippen molar-refractivity contribution in [2.45, 2.75) is 59.0 Å². The van der Waals surface area contributed by atoms with Gasteiger partial charge in [0.2, 0.25) is 17.7 Å². The van der Waals surface area contributed by atoms with Crippen LogP contribution in [0.1, 0.15) is 47.0 Å². The van der Waals surface area contributed by atoms with E-state index in [0.717, 1.165) is 6.42 Å². The van der Waals surface area contributed by atoms with Gasteiger partial charge in [-0.25, -0.2) is 0 Å². The summed E-state index contributed by atoms with van der Waals surface area (Å²) in [6.45, 7) is 8.95. The number of nitrogens with zero attached hydrogens (tertiary/aromatic N) is 1. The molecule has 2 N–H and O–H groups in total. The van der Waals surface area contributed by atoms with E-state index in [1.165, 1.54) is 4.90 Å². The van der Waals surface area contributed by atoms with Crippen LogP contribution in [0.2, 0.25) is 0 Å². The van der Waals surface area contributed by atoms with E-state index >= 15 is 0 Å². The summed E-state index contributed by atoms with van der Waals surface area (Å²) in [6.07, 6.45) is 1.26. The zero-order valence-corrected chi connectivity index (χ0v) is 13.4. The number of hydrogen-bond acceptors (Lipinski definition) is 4. The SMILES string of the molecule is CCC(C)N1C(=O)CC(NCCC(=O)NCC(C)C)C1=O. The van der Waals surface area contributed by atoms with Crippen LogP contribution in [-0.4, -0.2) is 47.8 Å². The van der Waals surface area contributed by atoms with Gasteiger partial charge in [0.15, 0.2) is 0 Å². The minimum absolute atomic E-state index is 0.0354. The zero-order valence-electron chi connectivity index (χ0n) is 13.4. The molecule has 0 aromatic heterocycles. The van der Waals surface area contributed by atoms with Gasteiger partial charge in [-0.05, 0) is 19.3 Å². The third-order valence-corrected chi connectivity index (χ3v) is 3.66. The Labute approximate surface area is 126 Å². The summed E-state index contributed by atoms with van der Waals surface area (Å²) in [7, 11) is 0. The summed E-state index contributed by atoms with van der Waals surface area (Å²) in [4.78, 5) is 36.9. The van der Waals surface area contributed by atoms with Gasteiger partial charge in [0.25, 0.3) is 0 Å². The highest BCUT2D eigenvalue weighted by atomic mass is 16.2. The Bertz CT molecular complexity index is 396. The van der Waals surface area contributed by atoms with E-state index in [2.05, 4.69) is 10.6 Å². The minimum atomic E-state index is -0.482. The number of carbonyl (C=O) groups excluding carboxylic acids is 3. The van der Waals surface area contributed by atoms with Crippen molar-refractivity contribution in [3.8, 4) is 0 Å². The quantitative estimate of drug-likeness (QED) is 0.645. The Morgan fingerprint density at radius 2 is 2.00 bits per heavy atom. The van der Waals surface area contributed by atoms with Crippen LogP contribution >= 0.6 is 0 Å². The number of hydrogen-bond donors (Lipinski definition) is 2. The molecule has 1 aliphatic heterocycles. The van der Waals surface area contributed by atoms with Crippen LogP contribution in [0.5, 0.6) is 0 Å². The van der Waals surface area contributed by atoms with Crippen LogP contribution in [-0.2, 0) is 14.4 Å². The molecule has 6 nitrogen and oxygen atoms in total. The molecule has 120 valence electrons. The molecule has 0 bridgehead atoms. The predicted molar refractivity (Wildman–Crippen MR) is 80.5 cm³/mol. The summed E-state index contributed by atoms with van der Waals surface area (Å²) in [5.41, 5.74) is 0. The van der Waals surface area contributed by atoms with Crippen molar-refractivity contribution in [3.05, 3.63) is 0 Å². The molecule has 0 spiro atoms. The van der Waals surface area contributed by atoms with Gasteiger partial charge < -0.3 is 10.6 Å². The van der Waals surface area contributed by atoms with Gasteiger partial charge in [-0.1, -0.05) is 20.8 Å². The second-order valence-electron chi connectivity index (χ2n) is 6.02. The first-order valence-corrected chi connectivity index (χ1v) is 7.72. The molecule has 1 saturated heterocycles. The molecule has 0 aromatic rings.